The normalized spacial score (nSPS) is 10.9. The van der Waals surface area contributed by atoms with Crippen molar-refractivity contribution in [2.75, 3.05) is 27.9 Å². The molecule has 154 valence electrons. The van der Waals surface area contributed by atoms with Crippen LogP contribution >= 0.6 is 11.8 Å². The van der Waals surface area contributed by atoms with Crippen LogP contribution in [-0.4, -0.2) is 42.7 Å². The predicted octanol–water partition coefficient (Wildman–Crippen LogP) is 4.43. The molecule has 8 heteroatoms. The molecule has 29 heavy (non-hydrogen) atoms. The third kappa shape index (κ3) is 5.27. The van der Waals surface area contributed by atoms with E-state index >= 15 is 0 Å². The summed E-state index contributed by atoms with van der Waals surface area (Å²) >= 11 is 1.57. The maximum atomic E-state index is 13.1. The van der Waals surface area contributed by atoms with Gasteiger partial charge in [0.05, 0.1) is 14.2 Å². The maximum absolute atomic E-state index is 13.1. The Morgan fingerprint density at radius 2 is 1.72 bits per heavy atom. The zero-order chi connectivity index (χ0) is 20.6. The Morgan fingerprint density at radius 1 is 0.966 bits per heavy atom. The minimum absolute atomic E-state index is 0.239. The molecule has 0 bridgehead atoms. The van der Waals surface area contributed by atoms with E-state index in [1.54, 1.807) is 45.2 Å². The van der Waals surface area contributed by atoms with Gasteiger partial charge in [-0.05, 0) is 42.3 Å². The average molecular weight is 418 g/mol. The lowest BCUT2D eigenvalue weighted by Gasteiger charge is -2.12. The number of halogens is 1. The summed E-state index contributed by atoms with van der Waals surface area (Å²) in [5, 5.41) is 9.61. The number of rotatable bonds is 10. The first-order valence-corrected chi connectivity index (χ1v) is 10.2. The van der Waals surface area contributed by atoms with Crippen LogP contribution < -0.4 is 9.47 Å². The minimum atomic E-state index is -0.239. The number of nitrogens with zero attached hydrogens (tertiary/aromatic N) is 3. The standard InChI is InChI=1S/C21H24FN3O3S/c1-26-12-4-11-25-20(16-7-10-18(27-2)19(13-16)28-3)23-24-21(25)29-14-15-5-8-17(22)9-6-15/h5-10,13H,4,11-12,14H2,1-3H3. The number of benzene rings is 2. The van der Waals surface area contributed by atoms with Crippen LogP contribution in [0, 0.1) is 5.82 Å². The van der Waals surface area contributed by atoms with Crippen LogP contribution in [0.25, 0.3) is 11.4 Å². The highest BCUT2D eigenvalue weighted by Crippen LogP contribution is 2.33. The van der Waals surface area contributed by atoms with E-state index in [4.69, 9.17) is 14.2 Å². The number of ether oxygens (including phenoxy) is 3. The fourth-order valence-electron chi connectivity index (χ4n) is 2.88. The minimum Gasteiger partial charge on any atom is -0.493 e. The molecule has 0 saturated carbocycles. The molecular weight excluding hydrogens is 393 g/mol. The summed E-state index contributed by atoms with van der Waals surface area (Å²) in [6.45, 7) is 1.36. The predicted molar refractivity (Wildman–Crippen MR) is 111 cm³/mol. The summed E-state index contributed by atoms with van der Waals surface area (Å²) in [5.41, 5.74) is 1.91. The highest BCUT2D eigenvalue weighted by atomic mass is 32.2. The lowest BCUT2D eigenvalue weighted by atomic mass is 10.2. The van der Waals surface area contributed by atoms with E-state index < -0.39 is 0 Å². The van der Waals surface area contributed by atoms with Crippen molar-refractivity contribution in [2.24, 2.45) is 0 Å². The van der Waals surface area contributed by atoms with Gasteiger partial charge in [0, 0.05) is 31.6 Å². The lowest BCUT2D eigenvalue weighted by Crippen LogP contribution is -2.05. The van der Waals surface area contributed by atoms with Crippen molar-refractivity contribution in [1.82, 2.24) is 14.8 Å². The van der Waals surface area contributed by atoms with Gasteiger partial charge in [-0.3, -0.25) is 0 Å². The average Bonchev–Trinajstić information content (AvgIpc) is 3.15. The third-order valence-electron chi connectivity index (χ3n) is 4.37. The fourth-order valence-corrected chi connectivity index (χ4v) is 3.80. The lowest BCUT2D eigenvalue weighted by molar-refractivity contribution is 0.189. The summed E-state index contributed by atoms with van der Waals surface area (Å²) < 4.78 is 31.2. The van der Waals surface area contributed by atoms with Crippen molar-refractivity contribution < 1.29 is 18.6 Å². The number of hydrogen-bond donors (Lipinski definition) is 0. The van der Waals surface area contributed by atoms with Gasteiger partial charge in [-0.25, -0.2) is 4.39 Å². The molecule has 0 N–H and O–H groups in total. The third-order valence-corrected chi connectivity index (χ3v) is 5.41. The van der Waals surface area contributed by atoms with Crippen LogP contribution in [0.2, 0.25) is 0 Å². The van der Waals surface area contributed by atoms with Crippen molar-refractivity contribution in [1.29, 1.82) is 0 Å². The molecule has 0 aliphatic carbocycles. The summed E-state index contributed by atoms with van der Waals surface area (Å²) in [6, 6.07) is 12.2. The summed E-state index contributed by atoms with van der Waals surface area (Å²) in [4.78, 5) is 0. The van der Waals surface area contributed by atoms with Gasteiger partial charge >= 0.3 is 0 Å². The molecule has 1 heterocycles. The highest BCUT2D eigenvalue weighted by molar-refractivity contribution is 7.98. The number of aromatic nitrogens is 3. The van der Waals surface area contributed by atoms with E-state index in [2.05, 4.69) is 14.8 Å². The fraction of sp³-hybridized carbons (Fsp3) is 0.333. The summed E-state index contributed by atoms with van der Waals surface area (Å²) in [7, 11) is 4.90. The van der Waals surface area contributed by atoms with Gasteiger partial charge in [-0.1, -0.05) is 23.9 Å². The number of methoxy groups -OCH3 is 3. The SMILES string of the molecule is COCCCn1c(SCc2ccc(F)cc2)nnc1-c1ccc(OC)c(OC)c1. The Bertz CT molecular complexity index is 931. The van der Waals surface area contributed by atoms with Crippen molar-refractivity contribution in [3.05, 3.63) is 53.8 Å². The summed E-state index contributed by atoms with van der Waals surface area (Å²) in [5.74, 6) is 2.49. The molecule has 0 aliphatic rings. The summed E-state index contributed by atoms with van der Waals surface area (Å²) in [6.07, 6.45) is 0.832. The van der Waals surface area contributed by atoms with E-state index in [0.29, 0.717) is 23.9 Å². The van der Waals surface area contributed by atoms with E-state index in [1.807, 2.05) is 18.2 Å². The molecule has 0 amide bonds. The van der Waals surface area contributed by atoms with E-state index in [9.17, 15) is 4.39 Å². The molecule has 0 spiro atoms. The molecule has 0 fully saturated rings. The van der Waals surface area contributed by atoms with Crippen molar-refractivity contribution >= 4 is 11.8 Å². The number of hydrogen-bond acceptors (Lipinski definition) is 6. The van der Waals surface area contributed by atoms with Gasteiger partial charge in [-0.2, -0.15) is 0 Å². The zero-order valence-corrected chi connectivity index (χ0v) is 17.5. The molecule has 0 unspecified atom stereocenters. The smallest absolute Gasteiger partial charge is 0.191 e. The Hall–Kier alpha value is -2.58. The van der Waals surface area contributed by atoms with Crippen molar-refractivity contribution in [3.63, 3.8) is 0 Å². The second-order valence-electron chi connectivity index (χ2n) is 6.29. The molecular formula is C21H24FN3O3S. The first-order chi connectivity index (χ1) is 14.2. The topological polar surface area (TPSA) is 58.4 Å². The number of thioether (sulfide) groups is 1. The first-order valence-electron chi connectivity index (χ1n) is 9.18. The zero-order valence-electron chi connectivity index (χ0n) is 16.7. The second-order valence-corrected chi connectivity index (χ2v) is 7.23. The highest BCUT2D eigenvalue weighted by Gasteiger charge is 2.16. The molecule has 3 aromatic rings. The van der Waals surface area contributed by atoms with Crippen LogP contribution in [-0.2, 0) is 17.0 Å². The molecule has 3 rings (SSSR count). The molecule has 1 aromatic heterocycles. The van der Waals surface area contributed by atoms with Gasteiger partial charge in [0.25, 0.3) is 0 Å². The van der Waals surface area contributed by atoms with E-state index in [1.165, 1.54) is 12.1 Å². The molecule has 6 nitrogen and oxygen atoms in total. The Kier molecular flexibility index (Phi) is 7.48. The molecule has 0 aliphatic heterocycles. The van der Waals surface area contributed by atoms with Gasteiger partial charge in [-0.15, -0.1) is 10.2 Å². The van der Waals surface area contributed by atoms with Crippen molar-refractivity contribution in [3.8, 4) is 22.9 Å². The monoisotopic (exact) mass is 417 g/mol. The first kappa shape index (κ1) is 21.1. The van der Waals surface area contributed by atoms with E-state index in [-0.39, 0.29) is 5.82 Å². The van der Waals surface area contributed by atoms with Crippen LogP contribution in [0.15, 0.2) is 47.6 Å². The Balaban J connectivity index is 1.87. The molecule has 0 radical (unpaired) electrons. The van der Waals surface area contributed by atoms with Crippen LogP contribution in [0.4, 0.5) is 4.39 Å². The van der Waals surface area contributed by atoms with Gasteiger partial charge in [0.2, 0.25) is 0 Å². The molecule has 0 atom stereocenters. The van der Waals surface area contributed by atoms with Gasteiger partial charge < -0.3 is 18.8 Å². The van der Waals surface area contributed by atoms with Gasteiger partial charge in [0.15, 0.2) is 22.5 Å². The van der Waals surface area contributed by atoms with Crippen LogP contribution in [0.5, 0.6) is 11.5 Å². The Labute approximate surface area is 174 Å². The van der Waals surface area contributed by atoms with E-state index in [0.717, 1.165) is 35.1 Å². The second kappa shape index (κ2) is 10.3. The maximum Gasteiger partial charge on any atom is 0.191 e. The van der Waals surface area contributed by atoms with Gasteiger partial charge in [0.1, 0.15) is 5.82 Å². The largest absolute Gasteiger partial charge is 0.493 e. The Morgan fingerprint density at radius 3 is 2.41 bits per heavy atom. The molecule has 2 aromatic carbocycles. The van der Waals surface area contributed by atoms with Crippen LogP contribution in [0.3, 0.4) is 0 Å². The molecule has 0 saturated heterocycles. The quantitative estimate of drug-likeness (QED) is 0.359. The van der Waals surface area contributed by atoms with Crippen LogP contribution in [0.1, 0.15) is 12.0 Å². The van der Waals surface area contributed by atoms with Crippen molar-refractivity contribution in [2.45, 2.75) is 23.9 Å².